The Balaban J connectivity index is 1.90. The molecule has 0 saturated carbocycles. The molecule has 0 spiro atoms. The third-order valence-electron chi connectivity index (χ3n) is 4.69. The highest BCUT2D eigenvalue weighted by Gasteiger charge is 2.35. The van der Waals surface area contributed by atoms with Crippen molar-refractivity contribution in [1.82, 2.24) is 0 Å². The van der Waals surface area contributed by atoms with Crippen LogP contribution in [0.3, 0.4) is 0 Å². The van der Waals surface area contributed by atoms with Crippen molar-refractivity contribution in [3.63, 3.8) is 0 Å². The van der Waals surface area contributed by atoms with Crippen molar-refractivity contribution in [2.24, 2.45) is 0 Å². The lowest BCUT2D eigenvalue weighted by atomic mass is 10.0. The molecule has 0 saturated heterocycles. The van der Waals surface area contributed by atoms with Crippen LogP contribution in [-0.2, 0) is 9.36 Å². The van der Waals surface area contributed by atoms with Crippen molar-refractivity contribution < 1.29 is 23.7 Å². The number of ether oxygens (including phenoxy) is 2. The number of hydrogen-bond acceptors (Lipinski definition) is 5. The fourth-order valence-corrected chi connectivity index (χ4v) is 6.00. The van der Waals surface area contributed by atoms with Crippen LogP contribution >= 0.6 is 30.3 Å². The maximum atomic E-state index is 13.0. The lowest BCUT2D eigenvalue weighted by molar-refractivity contribution is -0.118. The molecule has 1 heterocycles. The zero-order chi connectivity index (χ0) is 21.9. The first kappa shape index (κ1) is 22.6. The third-order valence-corrected chi connectivity index (χ3v) is 7.44. The summed E-state index contributed by atoms with van der Waals surface area (Å²) in [4.78, 5) is 23.4. The number of para-hydroxylation sites is 1. The van der Waals surface area contributed by atoms with E-state index in [9.17, 15) is 14.3 Å². The molecule has 2 unspecified atom stereocenters. The largest absolute Gasteiger partial charge is 0.493 e. The Hall–Kier alpha value is -2.11. The number of halogens is 1. The average Bonchev–Trinajstić information content (AvgIpc) is 3.09. The molecule has 1 N–H and O–H groups in total. The van der Waals surface area contributed by atoms with Crippen LogP contribution in [0.25, 0.3) is 16.2 Å². The summed E-state index contributed by atoms with van der Waals surface area (Å²) in [6.45, 7) is 1.22. The van der Waals surface area contributed by atoms with Gasteiger partial charge in [-0.05, 0) is 40.6 Å². The SMILES string of the molecule is COc1cccc(/C=C/CC(=O)C(c2csc3ccc(Cl)cc23)P(C)(=O)O)c1OC. The minimum Gasteiger partial charge on any atom is -0.493 e. The van der Waals surface area contributed by atoms with Crippen molar-refractivity contribution in [3.05, 3.63) is 64.0 Å². The Kier molecular flexibility index (Phi) is 7.04. The van der Waals surface area contributed by atoms with E-state index in [4.69, 9.17) is 21.1 Å². The summed E-state index contributed by atoms with van der Waals surface area (Å²) in [5.41, 5.74) is 0.183. The van der Waals surface area contributed by atoms with Crippen LogP contribution in [0.5, 0.6) is 11.5 Å². The van der Waals surface area contributed by atoms with Crippen LogP contribution < -0.4 is 9.47 Å². The lowest BCUT2D eigenvalue weighted by Crippen LogP contribution is -2.11. The number of benzene rings is 2. The van der Waals surface area contributed by atoms with Gasteiger partial charge in [-0.3, -0.25) is 9.36 Å². The van der Waals surface area contributed by atoms with Gasteiger partial charge in [0.15, 0.2) is 17.3 Å². The van der Waals surface area contributed by atoms with E-state index in [-0.39, 0.29) is 12.2 Å². The summed E-state index contributed by atoms with van der Waals surface area (Å²) in [6.07, 6.45) is 3.42. The molecule has 2 atom stereocenters. The highest BCUT2D eigenvalue weighted by atomic mass is 35.5. The van der Waals surface area contributed by atoms with E-state index >= 15 is 0 Å². The summed E-state index contributed by atoms with van der Waals surface area (Å²) in [7, 11) is -0.648. The Morgan fingerprint density at radius 1 is 1.27 bits per heavy atom. The maximum absolute atomic E-state index is 13.0. The number of methoxy groups -OCH3 is 2. The van der Waals surface area contributed by atoms with E-state index in [1.54, 1.807) is 50.0 Å². The molecule has 0 bridgehead atoms. The van der Waals surface area contributed by atoms with Crippen molar-refractivity contribution in [3.8, 4) is 11.5 Å². The first-order chi connectivity index (χ1) is 14.3. The van der Waals surface area contributed by atoms with Gasteiger partial charge in [0.05, 0.1) is 14.2 Å². The van der Waals surface area contributed by atoms with E-state index in [0.717, 1.165) is 15.6 Å². The molecule has 0 aliphatic rings. The number of carbonyl (C=O) groups excluding carboxylic acids is 1. The Morgan fingerprint density at radius 3 is 2.70 bits per heavy atom. The number of ketones is 1. The molecule has 1 aromatic heterocycles. The first-order valence-electron chi connectivity index (χ1n) is 9.13. The fraction of sp³-hybridized carbons (Fsp3) is 0.227. The predicted molar refractivity (Wildman–Crippen MR) is 124 cm³/mol. The van der Waals surface area contributed by atoms with Crippen molar-refractivity contribution in [1.29, 1.82) is 0 Å². The second-order valence-electron chi connectivity index (χ2n) is 6.83. The normalized spacial score (nSPS) is 14.6. The van der Waals surface area contributed by atoms with E-state index in [0.29, 0.717) is 22.1 Å². The number of Topliss-reactive ketones (excluding diaryl/α,β-unsaturated/α-hetero) is 1. The van der Waals surface area contributed by atoms with Crippen LogP contribution in [0.2, 0.25) is 5.02 Å². The number of hydrogen-bond donors (Lipinski definition) is 1. The molecule has 0 radical (unpaired) electrons. The van der Waals surface area contributed by atoms with Gasteiger partial charge in [0.25, 0.3) is 0 Å². The highest BCUT2D eigenvalue weighted by molar-refractivity contribution is 7.58. The van der Waals surface area contributed by atoms with Gasteiger partial charge in [-0.1, -0.05) is 35.9 Å². The van der Waals surface area contributed by atoms with Crippen molar-refractivity contribution in [2.75, 3.05) is 20.9 Å². The molecule has 30 heavy (non-hydrogen) atoms. The van der Waals surface area contributed by atoms with Gasteiger partial charge in [0, 0.05) is 28.4 Å². The van der Waals surface area contributed by atoms with Gasteiger partial charge in [-0.15, -0.1) is 11.3 Å². The van der Waals surface area contributed by atoms with Crippen LogP contribution in [0.1, 0.15) is 23.2 Å². The van der Waals surface area contributed by atoms with Gasteiger partial charge < -0.3 is 14.4 Å². The predicted octanol–water partition coefficient (Wildman–Crippen LogP) is 6.19. The molecule has 2 aromatic carbocycles. The summed E-state index contributed by atoms with van der Waals surface area (Å²) in [5.74, 6) is 0.807. The fourth-order valence-electron chi connectivity index (χ4n) is 3.39. The molecule has 0 fully saturated rings. The average molecular weight is 465 g/mol. The molecule has 0 aliphatic carbocycles. The molecule has 158 valence electrons. The van der Waals surface area contributed by atoms with Gasteiger partial charge in [0.2, 0.25) is 7.37 Å². The van der Waals surface area contributed by atoms with Crippen LogP contribution in [0, 0.1) is 0 Å². The molecule has 3 rings (SSSR count). The molecule has 0 amide bonds. The zero-order valence-electron chi connectivity index (χ0n) is 16.8. The van der Waals surface area contributed by atoms with Gasteiger partial charge in [0.1, 0.15) is 5.66 Å². The van der Waals surface area contributed by atoms with Crippen molar-refractivity contribution in [2.45, 2.75) is 12.1 Å². The number of rotatable bonds is 8. The standard InChI is InChI=1S/C22H22ClO5PS/c1-27-19-9-5-7-14(21(19)28-2)6-4-8-18(24)22(29(3,25)26)17-13-30-20-11-10-15(23)12-16(17)20/h4-7,9-13,22H,8H2,1-3H3,(H,25,26)/b6-4+. The number of allylic oxidation sites excluding steroid dienone is 1. The van der Waals surface area contributed by atoms with Gasteiger partial charge in [-0.25, -0.2) is 0 Å². The summed E-state index contributed by atoms with van der Waals surface area (Å²) in [6, 6.07) is 10.8. The Labute approximate surface area is 184 Å². The van der Waals surface area contributed by atoms with Gasteiger partial charge in [-0.2, -0.15) is 0 Å². The van der Waals surface area contributed by atoms with Crippen LogP contribution in [0.15, 0.2) is 47.9 Å². The monoisotopic (exact) mass is 464 g/mol. The minimum atomic E-state index is -3.74. The second-order valence-corrected chi connectivity index (χ2v) is 10.6. The van der Waals surface area contributed by atoms with Crippen LogP contribution in [-0.4, -0.2) is 31.6 Å². The smallest absolute Gasteiger partial charge is 0.212 e. The minimum absolute atomic E-state index is 0.00132. The zero-order valence-corrected chi connectivity index (χ0v) is 19.3. The van der Waals surface area contributed by atoms with Crippen LogP contribution in [0.4, 0.5) is 0 Å². The molecular weight excluding hydrogens is 443 g/mol. The molecule has 8 heteroatoms. The Morgan fingerprint density at radius 2 is 2.03 bits per heavy atom. The quantitative estimate of drug-likeness (QED) is 0.402. The maximum Gasteiger partial charge on any atom is 0.212 e. The number of carbonyl (C=O) groups is 1. The number of thiophene rings is 1. The summed E-state index contributed by atoms with van der Waals surface area (Å²) >= 11 is 7.53. The second kappa shape index (κ2) is 9.36. The van der Waals surface area contributed by atoms with E-state index in [2.05, 4.69) is 0 Å². The molecule has 3 aromatic rings. The summed E-state index contributed by atoms with van der Waals surface area (Å²) < 4.78 is 24.2. The molecule has 5 nitrogen and oxygen atoms in total. The molecular formula is C22H22ClO5PS. The highest BCUT2D eigenvalue weighted by Crippen LogP contribution is 2.55. The van der Waals surface area contributed by atoms with E-state index < -0.39 is 13.0 Å². The lowest BCUT2D eigenvalue weighted by Gasteiger charge is -2.18. The third kappa shape index (κ3) is 4.79. The Bertz CT molecular complexity index is 1150. The molecule has 0 aliphatic heterocycles. The number of fused-ring (bicyclic) bond motifs is 1. The van der Waals surface area contributed by atoms with Gasteiger partial charge >= 0.3 is 0 Å². The summed E-state index contributed by atoms with van der Waals surface area (Å²) in [5, 5.41) is 3.02. The van der Waals surface area contributed by atoms with Crippen molar-refractivity contribution >= 4 is 52.3 Å². The van der Waals surface area contributed by atoms with E-state index in [1.165, 1.54) is 18.0 Å². The first-order valence-corrected chi connectivity index (χ1v) is 12.6. The topological polar surface area (TPSA) is 72.8 Å². The van der Waals surface area contributed by atoms with E-state index in [1.807, 2.05) is 18.2 Å².